The SMILES string of the molecule is COc1ccc(/C=C(\C#N)C(=O)NC(C)c2ccccc2)cc1COc1c(F)c(F)c(F)c(F)c1F. The van der Waals surface area contributed by atoms with E-state index in [0.717, 1.165) is 5.56 Å². The number of benzene rings is 3. The second-order valence-corrected chi connectivity index (χ2v) is 7.53. The van der Waals surface area contributed by atoms with Crippen molar-refractivity contribution in [1.29, 1.82) is 5.26 Å². The molecule has 186 valence electrons. The van der Waals surface area contributed by atoms with E-state index in [9.17, 15) is 32.0 Å². The maximum atomic E-state index is 13.9. The number of methoxy groups -OCH3 is 1. The lowest BCUT2D eigenvalue weighted by molar-refractivity contribution is -0.117. The van der Waals surface area contributed by atoms with Crippen molar-refractivity contribution in [3.05, 3.63) is 99.9 Å². The Hall–Kier alpha value is -4.39. The predicted octanol–water partition coefficient (Wildman–Crippen LogP) is 5.75. The zero-order chi connectivity index (χ0) is 26.4. The molecule has 0 heterocycles. The third-order valence-corrected chi connectivity index (χ3v) is 5.17. The molecule has 0 saturated carbocycles. The number of carbonyl (C=O) groups is 1. The molecule has 0 aliphatic heterocycles. The summed E-state index contributed by atoms with van der Waals surface area (Å²) in [5.74, 6) is -12.7. The minimum atomic E-state index is -2.30. The van der Waals surface area contributed by atoms with E-state index < -0.39 is 47.3 Å². The fourth-order valence-corrected chi connectivity index (χ4v) is 3.28. The predicted molar refractivity (Wildman–Crippen MR) is 120 cm³/mol. The zero-order valence-corrected chi connectivity index (χ0v) is 19.0. The number of amides is 1. The number of rotatable bonds is 8. The molecule has 3 aromatic rings. The zero-order valence-electron chi connectivity index (χ0n) is 19.0. The lowest BCUT2D eigenvalue weighted by Gasteiger charge is -2.14. The van der Waals surface area contributed by atoms with E-state index in [1.807, 2.05) is 36.4 Å². The van der Waals surface area contributed by atoms with Crippen molar-refractivity contribution in [2.24, 2.45) is 0 Å². The van der Waals surface area contributed by atoms with Crippen LogP contribution in [-0.4, -0.2) is 13.0 Å². The molecule has 0 spiro atoms. The lowest BCUT2D eigenvalue weighted by Crippen LogP contribution is -2.27. The summed E-state index contributed by atoms with van der Waals surface area (Å²) in [6.07, 6.45) is 1.27. The molecule has 1 amide bonds. The number of hydrogen-bond donors (Lipinski definition) is 1. The van der Waals surface area contributed by atoms with Gasteiger partial charge in [-0.05, 0) is 36.3 Å². The summed E-state index contributed by atoms with van der Waals surface area (Å²) in [7, 11) is 1.30. The second kappa shape index (κ2) is 11.4. The van der Waals surface area contributed by atoms with Crippen molar-refractivity contribution in [1.82, 2.24) is 5.32 Å². The Morgan fingerprint density at radius 3 is 2.19 bits per heavy atom. The minimum Gasteiger partial charge on any atom is -0.496 e. The second-order valence-electron chi connectivity index (χ2n) is 7.53. The first-order chi connectivity index (χ1) is 17.2. The van der Waals surface area contributed by atoms with Gasteiger partial charge in [0.1, 0.15) is 24.0 Å². The normalized spacial score (nSPS) is 12.0. The Morgan fingerprint density at radius 1 is 1.00 bits per heavy atom. The highest BCUT2D eigenvalue weighted by atomic mass is 19.2. The highest BCUT2D eigenvalue weighted by molar-refractivity contribution is 6.01. The summed E-state index contributed by atoms with van der Waals surface area (Å²) < 4.78 is 78.1. The van der Waals surface area contributed by atoms with Crippen LogP contribution < -0.4 is 14.8 Å². The standard InChI is InChI=1S/C26H19F5N2O3/c1-14(16-6-4-3-5-7-16)33-26(34)17(12-32)10-15-8-9-19(35-2)18(11-15)13-36-25-23(30)21(28)20(27)22(29)24(25)31/h3-11,14H,13H2,1-2H3,(H,33,34)/b17-10+. The summed E-state index contributed by atoms with van der Waals surface area (Å²) in [5, 5.41) is 12.2. The fraction of sp³-hybridized carbons (Fsp3) is 0.154. The van der Waals surface area contributed by atoms with Gasteiger partial charge in [0.2, 0.25) is 29.1 Å². The van der Waals surface area contributed by atoms with E-state index in [4.69, 9.17) is 9.47 Å². The summed E-state index contributed by atoms with van der Waals surface area (Å²) in [6, 6.07) is 14.9. The Bertz CT molecular complexity index is 1320. The molecule has 10 heteroatoms. The van der Waals surface area contributed by atoms with Crippen molar-refractivity contribution in [2.45, 2.75) is 19.6 Å². The van der Waals surface area contributed by atoms with Gasteiger partial charge in [-0.1, -0.05) is 36.4 Å². The molecule has 3 rings (SSSR count). The quantitative estimate of drug-likeness (QED) is 0.140. The Kier molecular flexibility index (Phi) is 8.27. The number of ether oxygens (including phenoxy) is 2. The third kappa shape index (κ3) is 5.63. The first-order valence-electron chi connectivity index (χ1n) is 10.5. The van der Waals surface area contributed by atoms with E-state index in [1.54, 1.807) is 6.92 Å². The number of nitrogens with one attached hydrogen (secondary N) is 1. The smallest absolute Gasteiger partial charge is 0.262 e. The molecular weight excluding hydrogens is 483 g/mol. The molecule has 0 bridgehead atoms. The number of hydrogen-bond acceptors (Lipinski definition) is 4. The molecule has 0 aliphatic carbocycles. The molecule has 0 fully saturated rings. The van der Waals surface area contributed by atoms with Gasteiger partial charge in [0.05, 0.1) is 13.2 Å². The highest BCUT2D eigenvalue weighted by Gasteiger charge is 2.27. The van der Waals surface area contributed by atoms with Gasteiger partial charge in [-0.15, -0.1) is 0 Å². The van der Waals surface area contributed by atoms with Crippen molar-refractivity contribution in [2.75, 3.05) is 7.11 Å². The van der Waals surface area contributed by atoms with Crippen molar-refractivity contribution >= 4 is 12.0 Å². The van der Waals surface area contributed by atoms with Gasteiger partial charge in [-0.25, -0.2) is 13.2 Å². The van der Waals surface area contributed by atoms with E-state index >= 15 is 0 Å². The summed E-state index contributed by atoms with van der Waals surface area (Å²) >= 11 is 0. The molecule has 3 aromatic carbocycles. The highest BCUT2D eigenvalue weighted by Crippen LogP contribution is 2.31. The Morgan fingerprint density at radius 2 is 1.61 bits per heavy atom. The first kappa shape index (κ1) is 26.2. The van der Waals surface area contributed by atoms with Crippen LogP contribution in [0.5, 0.6) is 11.5 Å². The summed E-state index contributed by atoms with van der Waals surface area (Å²) in [5.41, 5.74) is 1.09. The van der Waals surface area contributed by atoms with Gasteiger partial charge < -0.3 is 14.8 Å². The van der Waals surface area contributed by atoms with Gasteiger partial charge in [0, 0.05) is 5.56 Å². The third-order valence-electron chi connectivity index (χ3n) is 5.17. The largest absolute Gasteiger partial charge is 0.496 e. The van der Waals surface area contributed by atoms with Gasteiger partial charge in [0.25, 0.3) is 5.91 Å². The number of nitriles is 1. The van der Waals surface area contributed by atoms with Gasteiger partial charge in [-0.2, -0.15) is 14.0 Å². The van der Waals surface area contributed by atoms with Crippen LogP contribution >= 0.6 is 0 Å². The molecule has 5 nitrogen and oxygen atoms in total. The van der Waals surface area contributed by atoms with Crippen LogP contribution in [0.25, 0.3) is 6.08 Å². The van der Waals surface area contributed by atoms with Crippen LogP contribution in [0.3, 0.4) is 0 Å². The van der Waals surface area contributed by atoms with Gasteiger partial charge >= 0.3 is 0 Å². The summed E-state index contributed by atoms with van der Waals surface area (Å²) in [4.78, 5) is 12.6. The molecule has 0 radical (unpaired) electrons. The van der Waals surface area contributed by atoms with Gasteiger partial charge in [-0.3, -0.25) is 4.79 Å². The van der Waals surface area contributed by atoms with Crippen LogP contribution in [0.1, 0.15) is 29.7 Å². The van der Waals surface area contributed by atoms with E-state index in [1.165, 1.54) is 31.4 Å². The average Bonchev–Trinajstić information content (AvgIpc) is 2.89. The number of carbonyl (C=O) groups excluding carboxylic acids is 1. The topological polar surface area (TPSA) is 71.3 Å². The molecule has 0 aromatic heterocycles. The van der Waals surface area contributed by atoms with Crippen molar-refractivity contribution < 1.29 is 36.2 Å². The molecule has 36 heavy (non-hydrogen) atoms. The molecule has 0 aliphatic rings. The molecule has 0 saturated heterocycles. The molecule has 1 unspecified atom stereocenters. The molecule has 1 N–H and O–H groups in total. The lowest BCUT2D eigenvalue weighted by atomic mass is 10.1. The maximum Gasteiger partial charge on any atom is 0.262 e. The Labute approximate surface area is 203 Å². The summed E-state index contributed by atoms with van der Waals surface area (Å²) in [6.45, 7) is 1.12. The maximum absolute atomic E-state index is 13.9. The van der Waals surface area contributed by atoms with Crippen LogP contribution in [0.15, 0.2) is 54.1 Å². The van der Waals surface area contributed by atoms with E-state index in [0.29, 0.717) is 5.56 Å². The van der Waals surface area contributed by atoms with Crippen molar-refractivity contribution in [3.8, 4) is 17.6 Å². The van der Waals surface area contributed by atoms with Gasteiger partial charge in [0.15, 0.2) is 5.75 Å². The molecular formula is C26H19F5N2O3. The Balaban J connectivity index is 1.85. The van der Waals surface area contributed by atoms with Crippen LogP contribution in [-0.2, 0) is 11.4 Å². The number of nitrogens with zero attached hydrogens (tertiary/aromatic N) is 1. The van der Waals surface area contributed by atoms with Crippen LogP contribution in [0.4, 0.5) is 22.0 Å². The average molecular weight is 502 g/mol. The van der Waals surface area contributed by atoms with Crippen molar-refractivity contribution in [3.63, 3.8) is 0 Å². The van der Waals surface area contributed by atoms with Crippen LogP contribution in [0, 0.1) is 40.4 Å². The first-order valence-corrected chi connectivity index (χ1v) is 10.5. The molecule has 1 atom stereocenters. The number of halogens is 5. The monoisotopic (exact) mass is 502 g/mol. The van der Waals surface area contributed by atoms with Crippen LogP contribution in [0.2, 0.25) is 0 Å². The minimum absolute atomic E-state index is 0.158. The van der Waals surface area contributed by atoms with E-state index in [2.05, 4.69) is 5.32 Å². The van der Waals surface area contributed by atoms with E-state index in [-0.39, 0.29) is 22.9 Å². The fourth-order valence-electron chi connectivity index (χ4n) is 3.28.